The van der Waals surface area contributed by atoms with Crippen molar-refractivity contribution in [1.82, 2.24) is 25.1 Å². The number of aryl methyl sites for hydroxylation is 1. The minimum Gasteiger partial charge on any atom is -0.497 e. The Morgan fingerprint density at radius 2 is 2.03 bits per heavy atom. The van der Waals surface area contributed by atoms with E-state index in [-0.39, 0.29) is 17.7 Å². The van der Waals surface area contributed by atoms with Gasteiger partial charge in [0.1, 0.15) is 11.6 Å². The van der Waals surface area contributed by atoms with Crippen LogP contribution in [0.5, 0.6) is 5.75 Å². The molecular formula is C24H31N5O3. The third-order valence-electron chi connectivity index (χ3n) is 6.29. The number of nitrogens with one attached hydrogen (secondary N) is 1. The van der Waals surface area contributed by atoms with Gasteiger partial charge in [-0.2, -0.15) is 0 Å². The van der Waals surface area contributed by atoms with E-state index in [2.05, 4.69) is 20.2 Å². The number of rotatable bonds is 7. The van der Waals surface area contributed by atoms with Crippen LogP contribution in [0.2, 0.25) is 0 Å². The highest BCUT2D eigenvalue weighted by atomic mass is 16.5. The minimum atomic E-state index is -0.203. The average Bonchev–Trinajstić information content (AvgIpc) is 3.50. The topological polar surface area (TPSA) is 87.7 Å². The quantitative estimate of drug-likeness (QED) is 0.714. The number of hydrogen-bond donors (Lipinski definition) is 1. The Kier molecular flexibility index (Phi) is 6.99. The molecule has 2 aromatic rings. The third-order valence-corrected chi connectivity index (χ3v) is 6.29. The molecule has 1 unspecified atom stereocenters. The molecule has 1 aromatic carbocycles. The van der Waals surface area contributed by atoms with Gasteiger partial charge in [-0.25, -0.2) is 9.97 Å². The van der Waals surface area contributed by atoms with Crippen LogP contribution in [0.1, 0.15) is 52.6 Å². The molecule has 0 radical (unpaired) electrons. The summed E-state index contributed by atoms with van der Waals surface area (Å²) in [6.45, 7) is 6.17. The maximum atomic E-state index is 12.7. The highest BCUT2D eigenvalue weighted by Crippen LogP contribution is 2.25. The summed E-state index contributed by atoms with van der Waals surface area (Å²) in [4.78, 5) is 38.5. The van der Waals surface area contributed by atoms with E-state index in [0.717, 1.165) is 37.4 Å². The second kappa shape index (κ2) is 10.1. The predicted molar refractivity (Wildman–Crippen MR) is 121 cm³/mol. The number of amides is 2. The molecule has 0 aliphatic carbocycles. The zero-order chi connectivity index (χ0) is 22.5. The van der Waals surface area contributed by atoms with Crippen LogP contribution in [0.25, 0.3) is 0 Å². The maximum Gasteiger partial charge on any atom is 0.254 e. The number of nitrogens with zero attached hydrogens (tertiary/aromatic N) is 4. The van der Waals surface area contributed by atoms with E-state index in [1.165, 1.54) is 12.8 Å². The molecule has 2 aliphatic heterocycles. The number of carbonyl (C=O) groups is 2. The minimum absolute atomic E-state index is 0.116. The summed E-state index contributed by atoms with van der Waals surface area (Å²) in [5.41, 5.74) is 2.08. The Bertz CT molecular complexity index is 974. The van der Waals surface area contributed by atoms with E-state index < -0.39 is 0 Å². The van der Waals surface area contributed by atoms with Crippen molar-refractivity contribution in [3.05, 3.63) is 53.1 Å². The molecular weight excluding hydrogens is 406 g/mol. The molecule has 170 valence electrons. The molecule has 8 heteroatoms. The monoisotopic (exact) mass is 437 g/mol. The van der Waals surface area contributed by atoms with E-state index in [9.17, 15) is 9.59 Å². The van der Waals surface area contributed by atoms with Crippen LogP contribution < -0.4 is 10.1 Å². The summed E-state index contributed by atoms with van der Waals surface area (Å²) in [5.74, 6) is 1.57. The average molecular weight is 438 g/mol. The van der Waals surface area contributed by atoms with Crippen LogP contribution in [-0.4, -0.2) is 71.4 Å². The van der Waals surface area contributed by atoms with E-state index >= 15 is 0 Å². The number of ether oxygens (including phenoxy) is 1. The molecule has 0 spiro atoms. The molecule has 0 saturated carbocycles. The van der Waals surface area contributed by atoms with Gasteiger partial charge in [0.2, 0.25) is 5.91 Å². The number of hydrogen-bond acceptors (Lipinski definition) is 6. The van der Waals surface area contributed by atoms with Crippen molar-refractivity contribution in [2.45, 2.75) is 38.6 Å². The largest absolute Gasteiger partial charge is 0.497 e. The fraction of sp³-hybridized carbons (Fsp3) is 0.500. The van der Waals surface area contributed by atoms with Crippen LogP contribution >= 0.6 is 0 Å². The van der Waals surface area contributed by atoms with E-state index in [4.69, 9.17) is 4.74 Å². The molecule has 32 heavy (non-hydrogen) atoms. The van der Waals surface area contributed by atoms with Crippen molar-refractivity contribution in [3.63, 3.8) is 0 Å². The normalized spacial score (nSPS) is 18.7. The van der Waals surface area contributed by atoms with Crippen LogP contribution in [0.3, 0.4) is 0 Å². The van der Waals surface area contributed by atoms with Crippen molar-refractivity contribution < 1.29 is 14.3 Å². The summed E-state index contributed by atoms with van der Waals surface area (Å²) in [5, 5.41) is 2.92. The smallest absolute Gasteiger partial charge is 0.254 e. The number of benzene rings is 1. The van der Waals surface area contributed by atoms with Crippen LogP contribution in [0.15, 0.2) is 30.5 Å². The van der Waals surface area contributed by atoms with Gasteiger partial charge in [0.25, 0.3) is 5.91 Å². The fourth-order valence-electron chi connectivity index (χ4n) is 4.39. The molecule has 2 amide bonds. The zero-order valence-corrected chi connectivity index (χ0v) is 18.8. The van der Waals surface area contributed by atoms with E-state index in [1.807, 2.05) is 36.1 Å². The Morgan fingerprint density at radius 1 is 1.22 bits per heavy atom. The summed E-state index contributed by atoms with van der Waals surface area (Å²) in [6, 6.07) is 7.59. The molecule has 1 atom stereocenters. The van der Waals surface area contributed by atoms with E-state index in [0.29, 0.717) is 36.7 Å². The highest BCUT2D eigenvalue weighted by Gasteiger charge is 2.30. The van der Waals surface area contributed by atoms with Gasteiger partial charge >= 0.3 is 0 Å². The first kappa shape index (κ1) is 22.2. The third kappa shape index (κ3) is 5.24. The molecule has 2 fully saturated rings. The Morgan fingerprint density at radius 3 is 2.78 bits per heavy atom. The van der Waals surface area contributed by atoms with Crippen LogP contribution in [0.4, 0.5) is 0 Å². The van der Waals surface area contributed by atoms with Crippen LogP contribution in [0, 0.1) is 6.92 Å². The summed E-state index contributed by atoms with van der Waals surface area (Å²) in [6.07, 6.45) is 4.82. The van der Waals surface area contributed by atoms with Crippen LogP contribution in [-0.2, 0) is 11.3 Å². The first-order valence-corrected chi connectivity index (χ1v) is 11.3. The van der Waals surface area contributed by atoms with Crippen molar-refractivity contribution in [1.29, 1.82) is 0 Å². The van der Waals surface area contributed by atoms with Gasteiger partial charge in [-0.3, -0.25) is 14.5 Å². The first-order valence-electron chi connectivity index (χ1n) is 11.3. The zero-order valence-electron chi connectivity index (χ0n) is 18.8. The van der Waals surface area contributed by atoms with Crippen molar-refractivity contribution >= 4 is 11.8 Å². The lowest BCUT2D eigenvalue weighted by molar-refractivity contribution is -0.131. The number of methoxy groups -OCH3 is 1. The standard InChI is InChI=1S/C24H31N5O3/c1-17-21(24(31)26-13-18-6-5-7-20(12-18)32-2)14-25-23(27-17)19-8-11-29(15-19)22(30)16-28-9-3-4-10-28/h5-7,12,14,19H,3-4,8-11,13,15-16H2,1-2H3,(H,26,31). The van der Waals surface area contributed by atoms with E-state index in [1.54, 1.807) is 13.3 Å². The summed E-state index contributed by atoms with van der Waals surface area (Å²) in [7, 11) is 1.62. The number of carbonyl (C=O) groups excluding carboxylic acids is 2. The second-order valence-electron chi connectivity index (χ2n) is 8.57. The molecule has 1 aromatic heterocycles. The van der Waals surface area contributed by atoms with Gasteiger partial charge in [-0.15, -0.1) is 0 Å². The fourth-order valence-corrected chi connectivity index (χ4v) is 4.39. The predicted octanol–water partition coefficient (Wildman–Crippen LogP) is 2.14. The first-order chi connectivity index (χ1) is 15.5. The molecule has 4 rings (SSSR count). The molecule has 2 saturated heterocycles. The Hall–Kier alpha value is -3.00. The lowest BCUT2D eigenvalue weighted by Crippen LogP contribution is -2.38. The maximum absolute atomic E-state index is 12.7. The molecule has 0 bridgehead atoms. The van der Waals surface area contributed by atoms with Crippen molar-refractivity contribution in [2.24, 2.45) is 0 Å². The highest BCUT2D eigenvalue weighted by molar-refractivity contribution is 5.94. The van der Waals surface area contributed by atoms with Gasteiger partial charge in [0, 0.05) is 31.7 Å². The summed E-state index contributed by atoms with van der Waals surface area (Å²) < 4.78 is 5.22. The molecule has 2 aliphatic rings. The van der Waals surface area contributed by atoms with Gasteiger partial charge in [-0.1, -0.05) is 12.1 Å². The Labute approximate surface area is 189 Å². The van der Waals surface area contributed by atoms with Crippen molar-refractivity contribution in [2.75, 3.05) is 39.8 Å². The van der Waals surface area contributed by atoms with Gasteiger partial charge in [-0.05, 0) is 57.0 Å². The Balaban J connectivity index is 1.33. The SMILES string of the molecule is COc1cccc(CNC(=O)c2cnc(C3CCN(C(=O)CN4CCCC4)C3)nc2C)c1. The van der Waals surface area contributed by atoms with Gasteiger partial charge in [0.15, 0.2) is 0 Å². The van der Waals surface area contributed by atoms with Crippen molar-refractivity contribution in [3.8, 4) is 5.75 Å². The van der Waals surface area contributed by atoms with Gasteiger partial charge in [0.05, 0.1) is 24.9 Å². The molecule has 1 N–H and O–H groups in total. The number of aromatic nitrogens is 2. The molecule has 3 heterocycles. The summed E-state index contributed by atoms with van der Waals surface area (Å²) >= 11 is 0. The second-order valence-corrected chi connectivity index (χ2v) is 8.57. The lowest BCUT2D eigenvalue weighted by atomic mass is 10.1. The molecule has 8 nitrogen and oxygen atoms in total. The lowest BCUT2D eigenvalue weighted by Gasteiger charge is -2.20. The number of likely N-dealkylation sites (tertiary alicyclic amines) is 2. The van der Waals surface area contributed by atoms with Gasteiger partial charge < -0.3 is 15.0 Å².